The molecule has 1 heterocycles. The third kappa shape index (κ3) is 8.10. The fraction of sp³-hybridized carbons (Fsp3) is 0.476. The number of imidazole rings is 1. The number of carbonyl (C=O) groups is 1. The van der Waals surface area contributed by atoms with Crippen molar-refractivity contribution in [2.75, 3.05) is 19.6 Å². The number of halogens is 1. The van der Waals surface area contributed by atoms with Gasteiger partial charge in [0, 0.05) is 32.0 Å². The molecule has 0 saturated heterocycles. The molecule has 2 rings (SSSR count). The fourth-order valence-corrected chi connectivity index (χ4v) is 2.57. The highest BCUT2D eigenvalue weighted by Crippen LogP contribution is 2.15. The topological polar surface area (TPSA) is 92.6 Å². The van der Waals surface area contributed by atoms with Crippen molar-refractivity contribution in [2.45, 2.75) is 46.3 Å². The molecule has 0 aliphatic rings. The van der Waals surface area contributed by atoms with E-state index < -0.39 is 11.7 Å². The van der Waals surface area contributed by atoms with Gasteiger partial charge in [-0.15, -0.1) is 0 Å². The Morgan fingerprint density at radius 2 is 2.00 bits per heavy atom. The molecule has 0 unspecified atom stereocenters. The lowest BCUT2D eigenvalue weighted by Gasteiger charge is -2.19. The van der Waals surface area contributed by atoms with Crippen molar-refractivity contribution < 1.29 is 13.9 Å². The van der Waals surface area contributed by atoms with Crippen molar-refractivity contribution >= 4 is 12.1 Å². The molecule has 1 amide bonds. The van der Waals surface area contributed by atoms with Crippen LogP contribution in [0.3, 0.4) is 0 Å². The summed E-state index contributed by atoms with van der Waals surface area (Å²) in [7, 11) is 0. The number of aliphatic imine (C=N–C) groups is 1. The number of aromatic nitrogens is 2. The Morgan fingerprint density at radius 1 is 1.23 bits per heavy atom. The van der Waals surface area contributed by atoms with Crippen LogP contribution in [-0.4, -0.2) is 46.8 Å². The van der Waals surface area contributed by atoms with Crippen LogP contribution in [0.1, 0.15) is 39.7 Å². The van der Waals surface area contributed by atoms with Crippen molar-refractivity contribution in [1.82, 2.24) is 25.5 Å². The Kier molecular flexibility index (Phi) is 8.64. The summed E-state index contributed by atoms with van der Waals surface area (Å²) >= 11 is 0. The van der Waals surface area contributed by atoms with Gasteiger partial charge in [-0.05, 0) is 51.8 Å². The molecule has 164 valence electrons. The summed E-state index contributed by atoms with van der Waals surface area (Å²) in [6, 6.07) is 5.04. The molecule has 0 bridgehead atoms. The van der Waals surface area contributed by atoms with E-state index in [9.17, 15) is 9.18 Å². The number of ether oxygens (including phenoxy) is 1. The van der Waals surface area contributed by atoms with Crippen molar-refractivity contribution in [3.8, 4) is 5.69 Å². The highest BCUT2D eigenvalue weighted by molar-refractivity contribution is 5.79. The molecule has 0 atom stereocenters. The Labute approximate surface area is 176 Å². The highest BCUT2D eigenvalue weighted by Gasteiger charge is 2.15. The summed E-state index contributed by atoms with van der Waals surface area (Å²) in [4.78, 5) is 20.1. The van der Waals surface area contributed by atoms with Gasteiger partial charge in [-0.2, -0.15) is 0 Å². The summed E-state index contributed by atoms with van der Waals surface area (Å²) in [5.41, 5.74) is 0.701. The van der Waals surface area contributed by atoms with Crippen LogP contribution < -0.4 is 16.0 Å². The van der Waals surface area contributed by atoms with Crippen LogP contribution in [0.5, 0.6) is 0 Å². The lowest BCUT2D eigenvalue weighted by atomic mass is 10.2. The van der Waals surface area contributed by atoms with E-state index in [1.54, 1.807) is 29.4 Å². The van der Waals surface area contributed by atoms with Crippen LogP contribution in [0.2, 0.25) is 0 Å². The van der Waals surface area contributed by atoms with Gasteiger partial charge in [-0.3, -0.25) is 0 Å². The molecular weight excluding hydrogens is 387 g/mol. The van der Waals surface area contributed by atoms with E-state index in [2.05, 4.69) is 25.9 Å². The second kappa shape index (κ2) is 11.2. The van der Waals surface area contributed by atoms with E-state index in [4.69, 9.17) is 4.74 Å². The van der Waals surface area contributed by atoms with Gasteiger partial charge < -0.3 is 25.3 Å². The van der Waals surface area contributed by atoms with Crippen molar-refractivity contribution in [2.24, 2.45) is 4.99 Å². The minimum atomic E-state index is -0.510. The van der Waals surface area contributed by atoms with Crippen LogP contribution >= 0.6 is 0 Å². The number of nitrogens with zero attached hydrogens (tertiary/aromatic N) is 3. The van der Waals surface area contributed by atoms with Gasteiger partial charge in [-0.25, -0.2) is 19.2 Å². The number of rotatable bonds is 8. The minimum Gasteiger partial charge on any atom is -0.444 e. The Hall–Kier alpha value is -3.10. The summed E-state index contributed by atoms with van der Waals surface area (Å²) < 4.78 is 21.2. The first-order valence-electron chi connectivity index (χ1n) is 10.0. The molecule has 2 aromatic rings. The van der Waals surface area contributed by atoms with Crippen molar-refractivity contribution in [1.29, 1.82) is 0 Å². The Bertz CT molecular complexity index is 831. The maximum atomic E-state index is 14.4. The number of hydrogen-bond donors (Lipinski definition) is 3. The van der Waals surface area contributed by atoms with Crippen LogP contribution in [0.25, 0.3) is 5.69 Å². The quantitative estimate of drug-likeness (QED) is 0.348. The second-order valence-corrected chi connectivity index (χ2v) is 7.66. The summed E-state index contributed by atoms with van der Waals surface area (Å²) in [5.74, 6) is 0.306. The highest BCUT2D eigenvalue weighted by atomic mass is 19.1. The largest absolute Gasteiger partial charge is 0.444 e. The third-order valence-electron chi connectivity index (χ3n) is 3.87. The van der Waals surface area contributed by atoms with Crippen LogP contribution in [0.4, 0.5) is 9.18 Å². The monoisotopic (exact) mass is 418 g/mol. The van der Waals surface area contributed by atoms with Crippen molar-refractivity contribution in [3.63, 3.8) is 0 Å². The average Bonchev–Trinajstić information content (AvgIpc) is 3.18. The normalized spacial score (nSPS) is 11.8. The van der Waals surface area contributed by atoms with Gasteiger partial charge in [0.1, 0.15) is 11.4 Å². The molecule has 0 aliphatic heterocycles. The van der Waals surface area contributed by atoms with Gasteiger partial charge in [0.2, 0.25) is 0 Å². The standard InChI is InChI=1S/C21H31FN6O2/c1-5-24-19(25-9-6-10-26-20(29)30-21(2,3)4)27-14-16-7-8-18(17(22)13-16)28-12-11-23-15-28/h7-8,11-13,15H,5-6,9-10,14H2,1-4H3,(H,26,29)(H2,24,25,27). The van der Waals surface area contributed by atoms with Gasteiger partial charge in [-0.1, -0.05) is 6.07 Å². The maximum Gasteiger partial charge on any atom is 0.407 e. The first-order valence-corrected chi connectivity index (χ1v) is 10.0. The Morgan fingerprint density at radius 3 is 2.63 bits per heavy atom. The number of nitrogens with one attached hydrogen (secondary N) is 3. The molecule has 0 aliphatic carbocycles. The summed E-state index contributed by atoms with van der Waals surface area (Å²) in [6.45, 7) is 9.60. The van der Waals surface area contributed by atoms with Gasteiger partial charge >= 0.3 is 6.09 Å². The van der Waals surface area contributed by atoms with E-state index in [1.807, 2.05) is 33.8 Å². The van der Waals surface area contributed by atoms with E-state index in [1.165, 1.54) is 6.07 Å². The molecule has 0 radical (unpaired) electrons. The zero-order valence-corrected chi connectivity index (χ0v) is 18.0. The summed E-state index contributed by atoms with van der Waals surface area (Å²) in [5, 5.41) is 9.07. The van der Waals surface area contributed by atoms with Gasteiger partial charge in [0.25, 0.3) is 0 Å². The van der Waals surface area contributed by atoms with Crippen LogP contribution in [0.15, 0.2) is 41.9 Å². The lowest BCUT2D eigenvalue weighted by Crippen LogP contribution is -2.39. The molecule has 0 fully saturated rings. The molecule has 30 heavy (non-hydrogen) atoms. The number of amides is 1. The van der Waals surface area contributed by atoms with E-state index in [0.717, 1.165) is 5.56 Å². The molecule has 0 spiro atoms. The predicted molar refractivity (Wildman–Crippen MR) is 115 cm³/mol. The van der Waals surface area contributed by atoms with Crippen molar-refractivity contribution in [3.05, 3.63) is 48.3 Å². The number of carbonyl (C=O) groups excluding carboxylic acids is 1. The molecule has 9 heteroatoms. The molecule has 3 N–H and O–H groups in total. The number of benzene rings is 1. The van der Waals surface area contributed by atoms with Gasteiger partial charge in [0.05, 0.1) is 18.6 Å². The zero-order chi connectivity index (χ0) is 22.0. The summed E-state index contributed by atoms with van der Waals surface area (Å²) in [6.07, 6.45) is 5.14. The number of guanidine groups is 1. The maximum absolute atomic E-state index is 14.4. The smallest absolute Gasteiger partial charge is 0.407 e. The van der Waals surface area contributed by atoms with E-state index in [-0.39, 0.29) is 5.82 Å². The van der Waals surface area contributed by atoms with E-state index in [0.29, 0.717) is 44.2 Å². The van der Waals surface area contributed by atoms with E-state index >= 15 is 0 Å². The number of alkyl carbamates (subject to hydrolysis) is 1. The first-order chi connectivity index (χ1) is 14.3. The van der Waals surface area contributed by atoms with Crippen LogP contribution in [-0.2, 0) is 11.3 Å². The van der Waals surface area contributed by atoms with Gasteiger partial charge in [0.15, 0.2) is 5.96 Å². The molecular formula is C21H31FN6O2. The molecule has 1 aromatic heterocycles. The minimum absolute atomic E-state index is 0.327. The average molecular weight is 419 g/mol. The zero-order valence-electron chi connectivity index (χ0n) is 18.0. The van der Waals surface area contributed by atoms with Crippen LogP contribution in [0, 0.1) is 5.82 Å². The second-order valence-electron chi connectivity index (χ2n) is 7.66. The lowest BCUT2D eigenvalue weighted by molar-refractivity contribution is 0.0527. The molecule has 0 saturated carbocycles. The number of hydrogen-bond acceptors (Lipinski definition) is 4. The first kappa shape index (κ1) is 23.2. The Balaban J connectivity index is 1.81. The SMILES string of the molecule is CCNC(=NCc1ccc(-n2ccnc2)c(F)c1)NCCCNC(=O)OC(C)(C)C. The molecule has 1 aromatic carbocycles. The fourth-order valence-electron chi connectivity index (χ4n) is 2.57. The molecule has 8 nitrogen and oxygen atoms in total. The predicted octanol–water partition coefficient (Wildman–Crippen LogP) is 2.98. The third-order valence-corrected chi connectivity index (χ3v) is 3.87.